The third-order valence-electron chi connectivity index (χ3n) is 2.24. The summed E-state index contributed by atoms with van der Waals surface area (Å²) in [5.74, 6) is 0.817. The van der Waals surface area contributed by atoms with Gasteiger partial charge in [0, 0.05) is 11.7 Å². The van der Waals surface area contributed by atoms with E-state index in [1.165, 1.54) is 6.33 Å². The molecule has 6 heteroatoms. The summed E-state index contributed by atoms with van der Waals surface area (Å²) in [5.41, 5.74) is 9.97. The maximum absolute atomic E-state index is 6.06. The van der Waals surface area contributed by atoms with Gasteiger partial charge in [0.05, 0.1) is 5.56 Å². The van der Waals surface area contributed by atoms with Crippen molar-refractivity contribution in [1.29, 1.82) is 0 Å². The third-order valence-corrected chi connectivity index (χ3v) is 2.84. The van der Waals surface area contributed by atoms with Crippen LogP contribution in [0, 0.1) is 0 Å². The monoisotopic (exact) mass is 271 g/mol. The van der Waals surface area contributed by atoms with E-state index >= 15 is 0 Å². The molecule has 0 bridgehead atoms. The molecule has 1 unspecified atom stereocenters. The molecule has 0 saturated heterocycles. The molecule has 15 heavy (non-hydrogen) atoms. The molecule has 1 aromatic rings. The average molecular weight is 272 g/mol. The van der Waals surface area contributed by atoms with Gasteiger partial charge in [-0.15, -0.1) is 0 Å². The van der Waals surface area contributed by atoms with Crippen LogP contribution in [0.1, 0.15) is 26.3 Å². The Hall–Kier alpha value is -0.720. The zero-order chi connectivity index (χ0) is 11.3. The number of rotatable bonds is 0. The highest BCUT2D eigenvalue weighted by atomic mass is 79.9. The molecule has 0 amide bonds. The summed E-state index contributed by atoms with van der Waals surface area (Å²) < 4.78 is -0.781. The largest absolute Gasteiger partial charge is 0.299 e. The fourth-order valence-corrected chi connectivity index (χ4v) is 1.98. The minimum absolute atomic E-state index is 0.0992. The van der Waals surface area contributed by atoms with Gasteiger partial charge in [0.15, 0.2) is 10.4 Å². The van der Waals surface area contributed by atoms with Crippen LogP contribution < -0.4 is 16.2 Å². The molecule has 0 spiro atoms. The van der Waals surface area contributed by atoms with Gasteiger partial charge >= 0.3 is 0 Å². The Morgan fingerprint density at radius 3 is 2.80 bits per heavy atom. The van der Waals surface area contributed by atoms with Crippen LogP contribution in [0.25, 0.3) is 0 Å². The number of hydrogen-bond acceptors (Lipinski definition) is 5. The second-order valence-corrected chi connectivity index (χ2v) is 5.84. The number of halogens is 1. The van der Waals surface area contributed by atoms with E-state index in [9.17, 15) is 0 Å². The van der Waals surface area contributed by atoms with Crippen LogP contribution in [0.3, 0.4) is 0 Å². The lowest BCUT2D eigenvalue weighted by Crippen LogP contribution is -2.55. The number of hydrazine groups is 1. The van der Waals surface area contributed by atoms with E-state index in [1.54, 1.807) is 6.20 Å². The summed E-state index contributed by atoms with van der Waals surface area (Å²) in [6.07, 6.45) is 3.24. The molecule has 3 N–H and O–H groups in total. The van der Waals surface area contributed by atoms with E-state index in [1.807, 2.05) is 5.01 Å². The number of nitrogens with zero attached hydrogens (tertiary/aromatic N) is 3. The normalized spacial score (nSPS) is 25.5. The Morgan fingerprint density at radius 1 is 1.53 bits per heavy atom. The summed E-state index contributed by atoms with van der Waals surface area (Å²) in [4.78, 5) is 8.23. The molecule has 0 radical (unpaired) electrons. The van der Waals surface area contributed by atoms with E-state index < -0.39 is 4.57 Å². The van der Waals surface area contributed by atoms with Crippen molar-refractivity contribution in [3.05, 3.63) is 18.1 Å². The number of alkyl halides is 1. The molecule has 2 heterocycles. The van der Waals surface area contributed by atoms with Gasteiger partial charge in [-0.05, 0) is 36.7 Å². The Bertz CT molecular complexity index is 384. The molecule has 0 aliphatic carbocycles. The zero-order valence-electron chi connectivity index (χ0n) is 8.95. The maximum Gasteiger partial charge on any atom is 0.172 e. The molecule has 1 aliphatic rings. The predicted molar refractivity (Wildman–Crippen MR) is 62.2 cm³/mol. The lowest BCUT2D eigenvalue weighted by molar-refractivity contribution is 0.409. The van der Waals surface area contributed by atoms with Crippen molar-refractivity contribution in [3.63, 3.8) is 0 Å². The lowest BCUT2D eigenvalue weighted by atomic mass is 10.1. The standard InChI is InChI=1S/C9H14BrN5/c1-8(2,3)15-7-6(4-12-5-13-7)9(10,11)14-15/h4-5,14H,11H2,1-3H3. The van der Waals surface area contributed by atoms with Gasteiger partial charge in [-0.1, -0.05) is 0 Å². The summed E-state index contributed by atoms with van der Waals surface area (Å²) in [6, 6.07) is 0. The Kier molecular flexibility index (Phi) is 2.25. The molecule has 82 valence electrons. The Balaban J connectivity index is 2.52. The first-order valence-corrected chi connectivity index (χ1v) is 5.48. The number of anilines is 1. The van der Waals surface area contributed by atoms with Gasteiger partial charge in [0.25, 0.3) is 0 Å². The first-order chi connectivity index (χ1) is 6.82. The number of aromatic nitrogens is 2. The van der Waals surface area contributed by atoms with Crippen LogP contribution in [0.4, 0.5) is 5.82 Å². The Labute approximate surface area is 97.2 Å². The summed E-state index contributed by atoms with van der Waals surface area (Å²) in [7, 11) is 0. The SMILES string of the molecule is CC(C)(C)N1NC(N)(Br)c2cncnc21. The highest BCUT2D eigenvalue weighted by Crippen LogP contribution is 2.38. The second-order valence-electron chi connectivity index (χ2n) is 4.59. The van der Waals surface area contributed by atoms with Gasteiger partial charge in [0.2, 0.25) is 0 Å². The number of nitrogens with two attached hydrogens (primary N) is 1. The molecule has 0 saturated carbocycles. The quantitative estimate of drug-likeness (QED) is 0.546. The zero-order valence-corrected chi connectivity index (χ0v) is 10.5. The molecular weight excluding hydrogens is 258 g/mol. The molecule has 1 aliphatic heterocycles. The first-order valence-electron chi connectivity index (χ1n) is 4.69. The third kappa shape index (κ3) is 1.73. The van der Waals surface area contributed by atoms with E-state index in [4.69, 9.17) is 5.73 Å². The minimum atomic E-state index is -0.781. The van der Waals surface area contributed by atoms with Gasteiger partial charge < -0.3 is 0 Å². The summed E-state index contributed by atoms with van der Waals surface area (Å²) in [6.45, 7) is 6.25. The van der Waals surface area contributed by atoms with Crippen LogP contribution in [0.2, 0.25) is 0 Å². The van der Waals surface area contributed by atoms with Gasteiger partial charge in [-0.2, -0.15) is 5.43 Å². The molecule has 2 rings (SSSR count). The number of hydrogen-bond donors (Lipinski definition) is 2. The van der Waals surface area contributed by atoms with Gasteiger partial charge in [-0.25, -0.2) is 9.97 Å². The average Bonchev–Trinajstić information content (AvgIpc) is 2.39. The Morgan fingerprint density at radius 2 is 2.20 bits per heavy atom. The second kappa shape index (κ2) is 3.13. The van der Waals surface area contributed by atoms with Crippen molar-refractivity contribution in [3.8, 4) is 0 Å². The van der Waals surface area contributed by atoms with Crippen molar-refractivity contribution in [2.24, 2.45) is 5.73 Å². The first kappa shape index (κ1) is 10.8. The highest BCUT2D eigenvalue weighted by Gasteiger charge is 2.42. The maximum atomic E-state index is 6.06. The van der Waals surface area contributed by atoms with Crippen LogP contribution in [-0.4, -0.2) is 15.5 Å². The van der Waals surface area contributed by atoms with Crippen molar-refractivity contribution in [2.75, 3.05) is 5.01 Å². The highest BCUT2D eigenvalue weighted by molar-refractivity contribution is 9.09. The fourth-order valence-electron chi connectivity index (χ4n) is 1.52. The van der Waals surface area contributed by atoms with Crippen LogP contribution in [0.5, 0.6) is 0 Å². The van der Waals surface area contributed by atoms with Crippen molar-refractivity contribution in [1.82, 2.24) is 15.4 Å². The van der Waals surface area contributed by atoms with E-state index in [-0.39, 0.29) is 5.54 Å². The van der Waals surface area contributed by atoms with E-state index in [0.29, 0.717) is 0 Å². The van der Waals surface area contributed by atoms with Crippen molar-refractivity contribution in [2.45, 2.75) is 30.9 Å². The summed E-state index contributed by atoms with van der Waals surface area (Å²) in [5, 5.41) is 1.94. The molecule has 0 aromatic carbocycles. The lowest BCUT2D eigenvalue weighted by Gasteiger charge is -2.34. The number of nitrogens with one attached hydrogen (secondary N) is 1. The number of fused-ring (bicyclic) bond motifs is 1. The van der Waals surface area contributed by atoms with E-state index in [0.717, 1.165) is 11.4 Å². The minimum Gasteiger partial charge on any atom is -0.299 e. The topological polar surface area (TPSA) is 67.1 Å². The van der Waals surface area contributed by atoms with Gasteiger partial charge in [-0.3, -0.25) is 10.7 Å². The molecule has 1 aromatic heterocycles. The van der Waals surface area contributed by atoms with Crippen molar-refractivity contribution < 1.29 is 0 Å². The fraction of sp³-hybridized carbons (Fsp3) is 0.556. The van der Waals surface area contributed by atoms with Crippen molar-refractivity contribution >= 4 is 21.7 Å². The van der Waals surface area contributed by atoms with Crippen LogP contribution >= 0.6 is 15.9 Å². The van der Waals surface area contributed by atoms with E-state index in [2.05, 4.69) is 52.1 Å². The summed E-state index contributed by atoms with van der Waals surface area (Å²) >= 11 is 3.42. The molecule has 5 nitrogen and oxygen atoms in total. The molecule has 1 atom stereocenters. The van der Waals surface area contributed by atoms with Crippen LogP contribution in [0.15, 0.2) is 12.5 Å². The smallest absolute Gasteiger partial charge is 0.172 e. The molecule has 0 fully saturated rings. The molecular formula is C9H14BrN5. The predicted octanol–water partition coefficient (Wildman–Crippen LogP) is 1.06. The van der Waals surface area contributed by atoms with Crippen LogP contribution in [-0.2, 0) is 4.57 Å². The van der Waals surface area contributed by atoms with Gasteiger partial charge in [0.1, 0.15) is 6.33 Å².